The number of oxime groups is 1. The van der Waals surface area contributed by atoms with E-state index in [9.17, 15) is 4.79 Å². The van der Waals surface area contributed by atoms with Gasteiger partial charge >= 0.3 is 5.97 Å². The summed E-state index contributed by atoms with van der Waals surface area (Å²) in [5, 5.41) is 4.21. The van der Waals surface area contributed by atoms with E-state index in [1.807, 2.05) is 0 Å². The van der Waals surface area contributed by atoms with Gasteiger partial charge in [0, 0.05) is 0 Å². The minimum absolute atomic E-state index is 0.00493. The Morgan fingerprint density at radius 3 is 2.05 bits per heavy atom. The highest BCUT2D eigenvalue weighted by molar-refractivity contribution is 5.86. The van der Waals surface area contributed by atoms with Gasteiger partial charge in [0.1, 0.15) is 0 Å². The molecule has 0 atom stereocenters. The second-order valence-corrected chi connectivity index (χ2v) is 7.79. The average molecular weight is 275 g/mol. The largest absolute Gasteiger partial charge is 0.341 e. The van der Waals surface area contributed by atoms with E-state index in [4.69, 9.17) is 4.84 Å². The Bertz CT molecular complexity index is 397. The molecule has 3 heteroatoms. The van der Waals surface area contributed by atoms with Crippen LogP contribution in [0.2, 0.25) is 0 Å². The van der Waals surface area contributed by atoms with Crippen molar-refractivity contribution in [2.45, 2.75) is 70.6 Å². The maximum atomic E-state index is 12.6. The molecule has 0 aliphatic heterocycles. The number of hydrogen-bond acceptors (Lipinski definition) is 3. The molecule has 20 heavy (non-hydrogen) atoms. The van der Waals surface area contributed by atoms with Gasteiger partial charge in [0.2, 0.25) is 0 Å². The molecule has 0 aromatic rings. The summed E-state index contributed by atoms with van der Waals surface area (Å²) >= 11 is 0. The van der Waals surface area contributed by atoms with Crippen LogP contribution in [0.1, 0.15) is 70.6 Å². The van der Waals surface area contributed by atoms with Crippen LogP contribution in [-0.2, 0) is 9.63 Å². The van der Waals surface area contributed by atoms with E-state index in [-0.39, 0.29) is 11.4 Å². The quantitative estimate of drug-likeness (QED) is 0.563. The summed E-state index contributed by atoms with van der Waals surface area (Å²) in [6.07, 6.45) is 13.0. The predicted octanol–water partition coefficient (Wildman–Crippen LogP) is 4.07. The van der Waals surface area contributed by atoms with E-state index in [0.717, 1.165) is 55.6 Å². The van der Waals surface area contributed by atoms with E-state index >= 15 is 0 Å². The molecule has 0 spiro atoms. The standard InChI is InChI=1S/C17H25NO2/c19-16(20-18-15-4-2-1-3-5-15)17-9-12-6-13(10-17)8-14(7-12)11-17/h12-14H,1-11H2. The van der Waals surface area contributed by atoms with Crippen LogP contribution in [0.3, 0.4) is 0 Å². The van der Waals surface area contributed by atoms with Gasteiger partial charge < -0.3 is 4.84 Å². The Balaban J connectivity index is 1.45. The fourth-order valence-electron chi connectivity index (χ4n) is 5.61. The van der Waals surface area contributed by atoms with Crippen molar-refractivity contribution in [1.82, 2.24) is 0 Å². The third-order valence-electron chi connectivity index (χ3n) is 6.16. The SMILES string of the molecule is O=C(ON=C1CCCCC1)C12CC3CC(CC(C3)C1)C2. The average Bonchev–Trinajstić information content (AvgIpc) is 2.44. The highest BCUT2D eigenvalue weighted by atomic mass is 16.7. The van der Waals surface area contributed by atoms with Gasteiger partial charge in [-0.25, -0.2) is 4.79 Å². The molecule has 0 radical (unpaired) electrons. The van der Waals surface area contributed by atoms with Gasteiger partial charge in [-0.1, -0.05) is 11.6 Å². The summed E-state index contributed by atoms with van der Waals surface area (Å²) in [6, 6.07) is 0. The molecule has 5 fully saturated rings. The first-order valence-corrected chi connectivity index (χ1v) is 8.51. The topological polar surface area (TPSA) is 38.7 Å². The van der Waals surface area contributed by atoms with Crippen LogP contribution < -0.4 is 0 Å². The lowest BCUT2D eigenvalue weighted by Gasteiger charge is -2.54. The van der Waals surface area contributed by atoms with Gasteiger partial charge in [-0.15, -0.1) is 0 Å². The number of rotatable bonds is 2. The summed E-state index contributed by atoms with van der Waals surface area (Å²) in [7, 11) is 0. The van der Waals surface area contributed by atoms with Crippen LogP contribution in [0, 0.1) is 23.2 Å². The first-order chi connectivity index (χ1) is 9.73. The summed E-state index contributed by atoms with van der Waals surface area (Å²) in [5.74, 6) is 2.36. The fourth-order valence-corrected chi connectivity index (χ4v) is 5.61. The summed E-state index contributed by atoms with van der Waals surface area (Å²) in [4.78, 5) is 18.0. The third kappa shape index (κ3) is 2.19. The van der Waals surface area contributed by atoms with E-state index in [1.165, 1.54) is 38.5 Å². The lowest BCUT2D eigenvalue weighted by Crippen LogP contribution is -2.50. The Morgan fingerprint density at radius 2 is 1.50 bits per heavy atom. The minimum Gasteiger partial charge on any atom is -0.318 e. The molecular weight excluding hydrogens is 250 g/mol. The van der Waals surface area contributed by atoms with Crippen molar-refractivity contribution in [1.29, 1.82) is 0 Å². The normalized spacial score (nSPS) is 42.6. The van der Waals surface area contributed by atoms with Crippen molar-refractivity contribution in [2.75, 3.05) is 0 Å². The zero-order valence-electron chi connectivity index (χ0n) is 12.3. The molecule has 5 rings (SSSR count). The van der Waals surface area contributed by atoms with Crippen molar-refractivity contribution >= 4 is 11.7 Å². The van der Waals surface area contributed by atoms with Gasteiger partial charge in [-0.05, 0) is 82.0 Å². The Hall–Kier alpha value is -0.860. The van der Waals surface area contributed by atoms with Gasteiger partial charge in [0.25, 0.3) is 0 Å². The van der Waals surface area contributed by atoms with E-state index in [2.05, 4.69) is 5.16 Å². The molecule has 0 heterocycles. The molecule has 0 aromatic heterocycles. The molecule has 0 N–H and O–H groups in total. The molecular formula is C17H25NO2. The van der Waals surface area contributed by atoms with E-state index < -0.39 is 0 Å². The van der Waals surface area contributed by atoms with Gasteiger partial charge in [-0.2, -0.15) is 0 Å². The van der Waals surface area contributed by atoms with Crippen LogP contribution in [0.4, 0.5) is 0 Å². The number of nitrogens with zero attached hydrogens (tertiary/aromatic N) is 1. The van der Waals surface area contributed by atoms with Crippen LogP contribution in [0.25, 0.3) is 0 Å². The minimum atomic E-state index is -0.159. The van der Waals surface area contributed by atoms with Gasteiger partial charge in [0.15, 0.2) is 0 Å². The second kappa shape index (κ2) is 4.85. The smallest absolute Gasteiger partial charge is 0.318 e. The first-order valence-electron chi connectivity index (χ1n) is 8.51. The van der Waals surface area contributed by atoms with Crippen molar-refractivity contribution in [3.05, 3.63) is 0 Å². The van der Waals surface area contributed by atoms with Gasteiger partial charge in [-0.3, -0.25) is 0 Å². The molecule has 0 unspecified atom stereocenters. The monoisotopic (exact) mass is 275 g/mol. The zero-order chi connectivity index (χ0) is 13.6. The summed E-state index contributed by atoms with van der Waals surface area (Å²) in [5.41, 5.74) is 0.947. The molecule has 5 aliphatic rings. The van der Waals surface area contributed by atoms with E-state index in [1.54, 1.807) is 0 Å². The van der Waals surface area contributed by atoms with Crippen LogP contribution >= 0.6 is 0 Å². The lowest BCUT2D eigenvalue weighted by atomic mass is 9.49. The second-order valence-electron chi connectivity index (χ2n) is 7.79. The highest BCUT2D eigenvalue weighted by Crippen LogP contribution is 2.60. The Labute approximate surface area is 121 Å². The van der Waals surface area contributed by atoms with Crippen molar-refractivity contribution < 1.29 is 9.63 Å². The fraction of sp³-hybridized carbons (Fsp3) is 0.882. The number of carbonyl (C=O) groups is 1. The Morgan fingerprint density at radius 1 is 0.950 bits per heavy atom. The molecule has 3 nitrogen and oxygen atoms in total. The molecule has 0 aromatic carbocycles. The van der Waals surface area contributed by atoms with Crippen LogP contribution in [0.5, 0.6) is 0 Å². The summed E-state index contributed by atoms with van der Waals surface area (Å²) in [6.45, 7) is 0. The van der Waals surface area contributed by atoms with Crippen molar-refractivity contribution in [3.63, 3.8) is 0 Å². The molecule has 5 saturated carbocycles. The zero-order valence-corrected chi connectivity index (χ0v) is 12.3. The van der Waals surface area contributed by atoms with E-state index in [0.29, 0.717) is 0 Å². The molecule has 0 saturated heterocycles. The Kier molecular flexibility index (Phi) is 3.12. The predicted molar refractivity (Wildman–Crippen MR) is 77.2 cm³/mol. The molecule has 0 amide bonds. The first kappa shape index (κ1) is 12.8. The van der Waals surface area contributed by atoms with Crippen LogP contribution in [0.15, 0.2) is 5.16 Å². The van der Waals surface area contributed by atoms with Crippen molar-refractivity contribution in [3.8, 4) is 0 Å². The van der Waals surface area contributed by atoms with Gasteiger partial charge in [0.05, 0.1) is 11.1 Å². The molecule has 110 valence electrons. The maximum absolute atomic E-state index is 12.6. The highest BCUT2D eigenvalue weighted by Gasteiger charge is 2.55. The van der Waals surface area contributed by atoms with Crippen LogP contribution in [-0.4, -0.2) is 11.7 Å². The van der Waals surface area contributed by atoms with Crippen molar-refractivity contribution in [2.24, 2.45) is 28.3 Å². The molecule has 4 bridgehead atoms. The summed E-state index contributed by atoms with van der Waals surface area (Å²) < 4.78 is 0. The lowest BCUT2D eigenvalue weighted by molar-refractivity contribution is -0.171. The molecule has 5 aliphatic carbocycles. The number of hydrogen-bond donors (Lipinski definition) is 0. The maximum Gasteiger partial charge on any atom is 0.341 e. The third-order valence-corrected chi connectivity index (χ3v) is 6.16. The number of carbonyl (C=O) groups excluding carboxylic acids is 1.